The van der Waals surface area contributed by atoms with Crippen molar-refractivity contribution in [3.8, 4) is 0 Å². The number of thiocarbonyl (C=S) groups is 1. The summed E-state index contributed by atoms with van der Waals surface area (Å²) >= 11 is 4.84. The summed E-state index contributed by atoms with van der Waals surface area (Å²) < 4.78 is 1.97. The van der Waals surface area contributed by atoms with E-state index in [4.69, 9.17) is 12.2 Å². The summed E-state index contributed by atoms with van der Waals surface area (Å²) in [6.07, 6.45) is 4.11. The maximum absolute atomic E-state index is 4.84. The van der Waals surface area contributed by atoms with Gasteiger partial charge in [-0.1, -0.05) is 36.5 Å². The molecule has 0 aliphatic heterocycles. The molecule has 0 atom stereocenters. The van der Waals surface area contributed by atoms with Crippen LogP contribution >= 0.6 is 12.2 Å². The van der Waals surface area contributed by atoms with Crippen LogP contribution in [0.4, 0.5) is 0 Å². The Bertz CT molecular complexity index is 400. The first kappa shape index (κ1) is 8.26. The molecule has 0 saturated carbocycles. The van der Waals surface area contributed by atoms with Crippen LogP contribution in [0, 0.1) is 0 Å². The molecule has 0 spiro atoms. The SMILES string of the molecule is CN(C=S)n1cc2ccccc2c1. The average Bonchev–Trinajstić information content (AvgIpc) is 2.59. The van der Waals surface area contributed by atoms with Crippen LogP contribution in [0.15, 0.2) is 36.7 Å². The standard InChI is InChI=1S/C10H10N2S/c1-11(8-13)12-6-9-4-2-3-5-10(9)7-12/h2-8H,1H3. The quantitative estimate of drug-likeness (QED) is 0.671. The Labute approximate surface area is 82.4 Å². The van der Waals surface area contributed by atoms with E-state index in [2.05, 4.69) is 24.5 Å². The van der Waals surface area contributed by atoms with Crippen LogP contribution in [-0.2, 0) is 0 Å². The number of hydrogen-bond acceptors (Lipinski definition) is 1. The highest BCUT2D eigenvalue weighted by Gasteiger charge is 1.98. The lowest BCUT2D eigenvalue weighted by Gasteiger charge is -2.12. The van der Waals surface area contributed by atoms with E-state index in [1.54, 1.807) is 5.49 Å². The highest BCUT2D eigenvalue weighted by atomic mass is 32.1. The van der Waals surface area contributed by atoms with E-state index in [1.165, 1.54) is 10.8 Å². The molecule has 0 fully saturated rings. The predicted molar refractivity (Wildman–Crippen MR) is 59.7 cm³/mol. The molecule has 0 unspecified atom stereocenters. The molecule has 66 valence electrons. The molecule has 1 aromatic heterocycles. The Balaban J connectivity index is 2.55. The number of hydrogen-bond donors (Lipinski definition) is 0. The van der Waals surface area contributed by atoms with Gasteiger partial charge >= 0.3 is 0 Å². The van der Waals surface area contributed by atoms with Gasteiger partial charge in [-0.05, 0) is 0 Å². The van der Waals surface area contributed by atoms with Gasteiger partial charge in [0.05, 0.1) is 5.49 Å². The summed E-state index contributed by atoms with van der Waals surface area (Å²) in [6.45, 7) is 0. The summed E-state index contributed by atoms with van der Waals surface area (Å²) in [7, 11) is 1.92. The van der Waals surface area contributed by atoms with Crippen LogP contribution in [0.2, 0.25) is 0 Å². The molecule has 1 heterocycles. The molecule has 0 aliphatic carbocycles. The molecule has 2 rings (SSSR count). The van der Waals surface area contributed by atoms with Crippen molar-refractivity contribution in [1.29, 1.82) is 0 Å². The van der Waals surface area contributed by atoms with Crippen molar-refractivity contribution in [2.45, 2.75) is 0 Å². The van der Waals surface area contributed by atoms with Gasteiger partial charge in [0.1, 0.15) is 0 Å². The fourth-order valence-corrected chi connectivity index (χ4v) is 1.41. The van der Waals surface area contributed by atoms with Crippen LogP contribution in [0.5, 0.6) is 0 Å². The van der Waals surface area contributed by atoms with Gasteiger partial charge in [-0.25, -0.2) is 0 Å². The van der Waals surface area contributed by atoms with Gasteiger partial charge in [0, 0.05) is 30.2 Å². The fraction of sp³-hybridized carbons (Fsp3) is 0.100. The first-order valence-electron chi connectivity index (χ1n) is 4.06. The van der Waals surface area contributed by atoms with Crippen molar-refractivity contribution in [3.63, 3.8) is 0 Å². The van der Waals surface area contributed by atoms with Gasteiger partial charge in [-0.15, -0.1) is 0 Å². The third-order valence-corrected chi connectivity index (χ3v) is 2.36. The number of benzene rings is 1. The molecular formula is C10H10N2S. The van der Waals surface area contributed by atoms with Gasteiger partial charge in [-0.3, -0.25) is 9.69 Å². The Hall–Kier alpha value is -1.35. The molecule has 0 bridgehead atoms. The third-order valence-electron chi connectivity index (χ3n) is 2.06. The normalized spacial score (nSPS) is 10.2. The van der Waals surface area contributed by atoms with Crippen LogP contribution < -0.4 is 5.01 Å². The van der Waals surface area contributed by atoms with E-state index >= 15 is 0 Å². The molecule has 0 radical (unpaired) electrons. The van der Waals surface area contributed by atoms with Gasteiger partial charge in [0.25, 0.3) is 0 Å². The van der Waals surface area contributed by atoms with E-state index in [1.807, 2.05) is 28.9 Å². The first-order chi connectivity index (χ1) is 6.31. The van der Waals surface area contributed by atoms with Gasteiger partial charge in [-0.2, -0.15) is 0 Å². The molecule has 2 nitrogen and oxygen atoms in total. The van der Waals surface area contributed by atoms with Crippen LogP contribution in [0.25, 0.3) is 10.8 Å². The van der Waals surface area contributed by atoms with Crippen molar-refractivity contribution < 1.29 is 0 Å². The van der Waals surface area contributed by atoms with Crippen LogP contribution in [-0.4, -0.2) is 17.2 Å². The molecule has 0 N–H and O–H groups in total. The maximum atomic E-state index is 4.84. The number of rotatable bonds is 2. The zero-order chi connectivity index (χ0) is 9.26. The second kappa shape index (κ2) is 3.18. The minimum atomic E-state index is 1.23. The summed E-state index contributed by atoms with van der Waals surface area (Å²) in [5.41, 5.74) is 1.61. The molecule has 1 aromatic carbocycles. The minimum absolute atomic E-state index is 1.23. The first-order valence-corrected chi connectivity index (χ1v) is 4.53. The molecular weight excluding hydrogens is 180 g/mol. The lowest BCUT2D eigenvalue weighted by atomic mass is 10.2. The zero-order valence-corrected chi connectivity index (χ0v) is 8.16. The van der Waals surface area contributed by atoms with Crippen molar-refractivity contribution in [3.05, 3.63) is 36.7 Å². The van der Waals surface area contributed by atoms with Gasteiger partial charge in [0.2, 0.25) is 0 Å². The highest BCUT2D eigenvalue weighted by molar-refractivity contribution is 7.79. The maximum Gasteiger partial charge on any atom is 0.0842 e. The minimum Gasteiger partial charge on any atom is -0.281 e. The largest absolute Gasteiger partial charge is 0.281 e. The van der Waals surface area contributed by atoms with Gasteiger partial charge < -0.3 is 0 Å². The van der Waals surface area contributed by atoms with Crippen LogP contribution in [0.1, 0.15) is 0 Å². The summed E-state index contributed by atoms with van der Waals surface area (Å²) in [6, 6.07) is 8.24. The highest BCUT2D eigenvalue weighted by Crippen LogP contribution is 2.13. The van der Waals surface area contributed by atoms with E-state index in [0.29, 0.717) is 0 Å². The second-order valence-corrected chi connectivity index (χ2v) is 3.16. The average molecular weight is 190 g/mol. The number of aromatic nitrogens is 1. The third kappa shape index (κ3) is 1.42. The molecule has 0 aliphatic rings. The lowest BCUT2D eigenvalue weighted by Crippen LogP contribution is -2.25. The predicted octanol–water partition coefficient (Wildman–Crippen LogP) is 2.17. The van der Waals surface area contributed by atoms with Crippen molar-refractivity contribution in [2.75, 3.05) is 12.1 Å². The van der Waals surface area contributed by atoms with Crippen LogP contribution in [0.3, 0.4) is 0 Å². The molecule has 13 heavy (non-hydrogen) atoms. The van der Waals surface area contributed by atoms with E-state index < -0.39 is 0 Å². The summed E-state index contributed by atoms with van der Waals surface area (Å²) in [4.78, 5) is 0. The molecule has 3 heteroatoms. The van der Waals surface area contributed by atoms with E-state index in [-0.39, 0.29) is 0 Å². The topological polar surface area (TPSA) is 8.17 Å². The van der Waals surface area contributed by atoms with E-state index in [0.717, 1.165) is 0 Å². The van der Waals surface area contributed by atoms with Crippen molar-refractivity contribution >= 4 is 28.5 Å². The number of fused-ring (bicyclic) bond motifs is 1. The van der Waals surface area contributed by atoms with Crippen molar-refractivity contribution in [1.82, 2.24) is 4.68 Å². The molecule has 0 saturated heterocycles. The lowest BCUT2D eigenvalue weighted by molar-refractivity contribution is 0.826. The Kier molecular flexibility index (Phi) is 2.02. The number of nitrogens with zero attached hydrogens (tertiary/aromatic N) is 2. The molecule has 0 amide bonds. The van der Waals surface area contributed by atoms with Crippen molar-refractivity contribution in [2.24, 2.45) is 0 Å². The Morgan fingerprint density at radius 3 is 2.23 bits per heavy atom. The second-order valence-electron chi connectivity index (χ2n) is 2.95. The van der Waals surface area contributed by atoms with Gasteiger partial charge in [0.15, 0.2) is 0 Å². The fourth-order valence-electron chi connectivity index (χ4n) is 1.30. The monoisotopic (exact) mass is 190 g/mol. The Morgan fingerprint density at radius 1 is 1.23 bits per heavy atom. The Morgan fingerprint density at radius 2 is 1.77 bits per heavy atom. The zero-order valence-electron chi connectivity index (χ0n) is 7.34. The summed E-state index contributed by atoms with van der Waals surface area (Å²) in [5, 5.41) is 4.31. The smallest absolute Gasteiger partial charge is 0.0842 e. The van der Waals surface area contributed by atoms with E-state index in [9.17, 15) is 0 Å². The molecule has 2 aromatic rings. The summed E-state index contributed by atoms with van der Waals surface area (Å²) in [5.74, 6) is 0.